The van der Waals surface area contributed by atoms with Gasteiger partial charge in [-0.25, -0.2) is 0 Å². The molecular weight excluding hydrogens is 242 g/mol. The summed E-state index contributed by atoms with van der Waals surface area (Å²) in [6, 6.07) is 6.97. The lowest BCUT2D eigenvalue weighted by molar-refractivity contribution is 0.545. The topological polar surface area (TPSA) is 29.9 Å². The highest BCUT2D eigenvalue weighted by Crippen LogP contribution is 2.31. The maximum absolute atomic E-state index is 4.55. The summed E-state index contributed by atoms with van der Waals surface area (Å²) in [5, 5.41) is 8.06. The molecule has 0 radical (unpaired) electrons. The van der Waals surface area contributed by atoms with E-state index in [1.54, 1.807) is 0 Å². The van der Waals surface area contributed by atoms with Gasteiger partial charge >= 0.3 is 0 Å². The van der Waals surface area contributed by atoms with Gasteiger partial charge in [0.15, 0.2) is 0 Å². The Morgan fingerprint density at radius 2 is 2.11 bits per heavy atom. The van der Waals surface area contributed by atoms with Crippen molar-refractivity contribution in [1.82, 2.24) is 15.1 Å². The Morgan fingerprint density at radius 1 is 1.28 bits per heavy atom. The van der Waals surface area contributed by atoms with Gasteiger partial charge < -0.3 is 5.32 Å². The summed E-state index contributed by atoms with van der Waals surface area (Å²) < 4.78 is 1.97. The smallest absolute Gasteiger partial charge is 0.102 e. The zero-order valence-electron chi connectivity index (χ0n) is 11.3. The molecule has 0 bridgehead atoms. The zero-order valence-corrected chi connectivity index (χ0v) is 12.1. The van der Waals surface area contributed by atoms with E-state index in [0.29, 0.717) is 6.04 Å². The highest BCUT2D eigenvalue weighted by atomic mass is 32.1. The van der Waals surface area contributed by atoms with Gasteiger partial charge in [0.2, 0.25) is 0 Å². The summed E-state index contributed by atoms with van der Waals surface area (Å²) in [6.07, 6.45) is 3.16. The van der Waals surface area contributed by atoms with E-state index in [1.807, 2.05) is 22.2 Å². The van der Waals surface area contributed by atoms with Crippen molar-refractivity contribution in [3.05, 3.63) is 29.3 Å². The van der Waals surface area contributed by atoms with Crippen LogP contribution in [-0.2, 0) is 6.54 Å². The Labute approximate surface area is 113 Å². The van der Waals surface area contributed by atoms with Gasteiger partial charge in [-0.15, -0.1) is 11.3 Å². The fourth-order valence-electron chi connectivity index (χ4n) is 2.04. The molecular formula is C14H21N3S. The molecule has 2 rings (SSSR count). The second kappa shape index (κ2) is 6.16. The van der Waals surface area contributed by atoms with Crippen molar-refractivity contribution < 1.29 is 0 Å². The van der Waals surface area contributed by atoms with E-state index >= 15 is 0 Å². The lowest BCUT2D eigenvalue weighted by Gasteiger charge is -2.13. The van der Waals surface area contributed by atoms with Crippen molar-refractivity contribution in [2.24, 2.45) is 0 Å². The van der Waals surface area contributed by atoms with Gasteiger partial charge in [-0.05, 0) is 38.1 Å². The van der Waals surface area contributed by atoms with E-state index < -0.39 is 0 Å². The number of rotatable bonds is 6. The number of nitrogens with one attached hydrogen (secondary N) is 1. The van der Waals surface area contributed by atoms with E-state index in [4.69, 9.17) is 0 Å². The first-order chi connectivity index (χ1) is 8.78. The number of aryl methyl sites for hydroxylation is 1. The van der Waals surface area contributed by atoms with Crippen molar-refractivity contribution >= 4 is 11.3 Å². The van der Waals surface area contributed by atoms with Crippen LogP contribution < -0.4 is 5.32 Å². The molecule has 1 N–H and O–H groups in total. The highest BCUT2D eigenvalue weighted by molar-refractivity contribution is 7.15. The molecule has 0 aromatic carbocycles. The van der Waals surface area contributed by atoms with E-state index in [1.165, 1.54) is 9.75 Å². The predicted octanol–water partition coefficient (Wildman–Crippen LogP) is 3.69. The number of hydrogen-bond donors (Lipinski definition) is 1. The molecule has 0 spiro atoms. The largest absolute Gasteiger partial charge is 0.310 e. The van der Waals surface area contributed by atoms with Crippen LogP contribution in [0.3, 0.4) is 0 Å². The molecule has 98 valence electrons. The molecule has 0 aliphatic rings. The normalized spacial score (nSPS) is 12.8. The Balaban J connectivity index is 2.18. The Morgan fingerprint density at radius 3 is 2.72 bits per heavy atom. The van der Waals surface area contributed by atoms with Crippen molar-refractivity contribution in [2.75, 3.05) is 6.54 Å². The lowest BCUT2D eigenvalue weighted by Crippen LogP contribution is -2.18. The van der Waals surface area contributed by atoms with E-state index in [-0.39, 0.29) is 0 Å². The van der Waals surface area contributed by atoms with Crippen LogP contribution in [0.5, 0.6) is 0 Å². The first-order valence-electron chi connectivity index (χ1n) is 6.65. The maximum Gasteiger partial charge on any atom is 0.102 e. The van der Waals surface area contributed by atoms with Gasteiger partial charge in [-0.1, -0.05) is 13.8 Å². The SMILES string of the molecule is CCNC(CC)c1ccc(-c2ccn(CC)n2)s1. The molecule has 0 aliphatic heterocycles. The van der Waals surface area contributed by atoms with Crippen molar-refractivity contribution in [3.8, 4) is 10.6 Å². The summed E-state index contributed by atoms with van der Waals surface area (Å²) in [7, 11) is 0. The average molecular weight is 263 g/mol. The molecule has 2 heterocycles. The number of hydrogen-bond acceptors (Lipinski definition) is 3. The van der Waals surface area contributed by atoms with Crippen LogP contribution in [-0.4, -0.2) is 16.3 Å². The van der Waals surface area contributed by atoms with Crippen LogP contribution in [0.1, 0.15) is 38.1 Å². The minimum atomic E-state index is 0.474. The molecule has 2 aromatic rings. The van der Waals surface area contributed by atoms with Crippen molar-refractivity contribution in [3.63, 3.8) is 0 Å². The van der Waals surface area contributed by atoms with E-state index in [2.05, 4.69) is 49.4 Å². The van der Waals surface area contributed by atoms with Crippen molar-refractivity contribution in [1.29, 1.82) is 0 Å². The molecule has 0 amide bonds. The van der Waals surface area contributed by atoms with E-state index in [0.717, 1.165) is 25.2 Å². The monoisotopic (exact) mass is 263 g/mol. The van der Waals surface area contributed by atoms with Gasteiger partial charge in [-0.2, -0.15) is 5.10 Å². The van der Waals surface area contributed by atoms with Gasteiger partial charge in [-0.3, -0.25) is 4.68 Å². The summed E-state index contributed by atoms with van der Waals surface area (Å²) in [4.78, 5) is 2.66. The molecule has 18 heavy (non-hydrogen) atoms. The quantitative estimate of drug-likeness (QED) is 0.861. The molecule has 2 aromatic heterocycles. The van der Waals surface area contributed by atoms with Gasteiger partial charge in [0.05, 0.1) is 4.88 Å². The Bertz CT molecular complexity index is 487. The molecule has 4 heteroatoms. The highest BCUT2D eigenvalue weighted by Gasteiger charge is 2.12. The first kappa shape index (κ1) is 13.3. The third kappa shape index (κ3) is 2.82. The summed E-state index contributed by atoms with van der Waals surface area (Å²) in [5.74, 6) is 0. The number of thiophene rings is 1. The van der Waals surface area contributed by atoms with Crippen molar-refractivity contribution in [2.45, 2.75) is 39.8 Å². The fourth-order valence-corrected chi connectivity index (χ4v) is 3.17. The minimum Gasteiger partial charge on any atom is -0.310 e. The number of nitrogens with zero attached hydrogens (tertiary/aromatic N) is 2. The molecule has 0 saturated carbocycles. The Hall–Kier alpha value is -1.13. The zero-order chi connectivity index (χ0) is 13.0. The molecule has 0 saturated heterocycles. The molecule has 3 nitrogen and oxygen atoms in total. The van der Waals surface area contributed by atoms with Crippen LogP contribution in [0.15, 0.2) is 24.4 Å². The van der Waals surface area contributed by atoms with Crippen LogP contribution >= 0.6 is 11.3 Å². The molecule has 0 fully saturated rings. The fraction of sp³-hybridized carbons (Fsp3) is 0.500. The molecule has 1 unspecified atom stereocenters. The third-order valence-corrected chi connectivity index (χ3v) is 4.27. The van der Waals surface area contributed by atoms with Crippen LogP contribution in [0.25, 0.3) is 10.6 Å². The van der Waals surface area contributed by atoms with Gasteiger partial charge in [0.1, 0.15) is 5.69 Å². The predicted molar refractivity (Wildman–Crippen MR) is 77.9 cm³/mol. The second-order valence-corrected chi connectivity index (χ2v) is 5.39. The molecule has 0 aliphatic carbocycles. The van der Waals surface area contributed by atoms with Crippen LogP contribution in [0.4, 0.5) is 0 Å². The van der Waals surface area contributed by atoms with Crippen LogP contribution in [0.2, 0.25) is 0 Å². The summed E-state index contributed by atoms with van der Waals surface area (Å²) in [5.41, 5.74) is 1.08. The maximum atomic E-state index is 4.55. The second-order valence-electron chi connectivity index (χ2n) is 4.28. The third-order valence-electron chi connectivity index (χ3n) is 3.05. The van der Waals surface area contributed by atoms with E-state index in [9.17, 15) is 0 Å². The lowest BCUT2D eigenvalue weighted by atomic mass is 10.2. The summed E-state index contributed by atoms with van der Waals surface area (Å²) in [6.45, 7) is 8.41. The minimum absolute atomic E-state index is 0.474. The van der Waals surface area contributed by atoms with Gasteiger partial charge in [0.25, 0.3) is 0 Å². The van der Waals surface area contributed by atoms with Gasteiger partial charge in [0, 0.05) is 23.7 Å². The Kier molecular flexibility index (Phi) is 4.55. The standard InChI is InChI=1S/C14H21N3S/c1-4-11(15-5-2)13-7-8-14(18-13)12-9-10-17(6-3)16-12/h7-11,15H,4-6H2,1-3H3. The summed E-state index contributed by atoms with van der Waals surface area (Å²) >= 11 is 1.84. The molecule has 1 atom stereocenters. The van der Waals surface area contributed by atoms with Crippen LogP contribution in [0, 0.1) is 0 Å². The first-order valence-corrected chi connectivity index (χ1v) is 7.47. The average Bonchev–Trinajstić information content (AvgIpc) is 3.03. The number of aromatic nitrogens is 2.